The fourth-order valence-corrected chi connectivity index (χ4v) is 4.73. The van der Waals surface area contributed by atoms with E-state index in [-0.39, 0.29) is 6.09 Å². The van der Waals surface area contributed by atoms with Gasteiger partial charge < -0.3 is 9.64 Å². The van der Waals surface area contributed by atoms with E-state index in [1.807, 2.05) is 18.2 Å². The van der Waals surface area contributed by atoms with Gasteiger partial charge in [-0.1, -0.05) is 68.4 Å². The van der Waals surface area contributed by atoms with E-state index in [0.29, 0.717) is 5.75 Å². The minimum Gasteiger partial charge on any atom is -0.408 e. The maximum atomic E-state index is 12.2. The Kier molecular flexibility index (Phi) is 8.36. The maximum absolute atomic E-state index is 12.2. The molecule has 1 aromatic heterocycles. The topological polar surface area (TPSA) is 29.5 Å². The van der Waals surface area contributed by atoms with E-state index >= 15 is 0 Å². The Balaban J connectivity index is 1.82. The lowest BCUT2D eigenvalue weighted by Crippen LogP contribution is -2.25. The number of carbonyl (C=O) groups is 1. The maximum Gasteiger partial charge on any atom is 0.414 e. The smallest absolute Gasteiger partial charge is 0.408 e. The Hall–Kier alpha value is -2.07. The van der Waals surface area contributed by atoms with Crippen LogP contribution in [0.15, 0.2) is 42.0 Å². The van der Waals surface area contributed by atoms with E-state index in [1.165, 1.54) is 61.8 Å². The summed E-state index contributed by atoms with van der Waals surface area (Å²) < 4.78 is 6.88. The standard InChI is InChI=1S/C25H33NO2S/c1-26(2)25(27)28-24-21-16-12-13-17-22(21)29-23(24)19-18-20-14-10-8-6-4-3-5-7-9-11-15-20/h12-14,16-19H,3-11,15H2,1-2H3/b19-18+,20-14+. The second-order valence-corrected chi connectivity index (χ2v) is 9.12. The van der Waals surface area contributed by atoms with Crippen molar-refractivity contribution in [2.75, 3.05) is 14.1 Å². The molecule has 0 radical (unpaired) electrons. The van der Waals surface area contributed by atoms with Crippen LogP contribution >= 0.6 is 11.3 Å². The number of hydrogen-bond acceptors (Lipinski definition) is 3. The summed E-state index contributed by atoms with van der Waals surface area (Å²) in [6.45, 7) is 0. The third-order valence-corrected chi connectivity index (χ3v) is 6.52. The summed E-state index contributed by atoms with van der Waals surface area (Å²) >= 11 is 1.68. The number of ether oxygens (including phenoxy) is 1. The molecule has 0 spiro atoms. The molecule has 29 heavy (non-hydrogen) atoms. The van der Waals surface area contributed by atoms with Crippen LogP contribution in [0.3, 0.4) is 0 Å². The summed E-state index contributed by atoms with van der Waals surface area (Å²) in [6, 6.07) is 8.13. The first-order valence-electron chi connectivity index (χ1n) is 10.9. The second kappa shape index (κ2) is 11.2. The average molecular weight is 412 g/mol. The van der Waals surface area contributed by atoms with Crippen molar-refractivity contribution in [2.24, 2.45) is 0 Å². The van der Waals surface area contributed by atoms with Crippen molar-refractivity contribution >= 4 is 33.6 Å². The van der Waals surface area contributed by atoms with Crippen molar-refractivity contribution in [2.45, 2.75) is 64.2 Å². The van der Waals surface area contributed by atoms with Gasteiger partial charge in [0.25, 0.3) is 0 Å². The van der Waals surface area contributed by atoms with Gasteiger partial charge in [-0.25, -0.2) is 4.79 Å². The summed E-state index contributed by atoms with van der Waals surface area (Å²) in [6.07, 6.45) is 19.5. The van der Waals surface area contributed by atoms with Crippen LogP contribution in [-0.2, 0) is 0 Å². The van der Waals surface area contributed by atoms with Crippen LogP contribution in [-0.4, -0.2) is 25.1 Å². The number of rotatable bonds is 3. The molecule has 0 atom stereocenters. The summed E-state index contributed by atoms with van der Waals surface area (Å²) in [4.78, 5) is 14.7. The van der Waals surface area contributed by atoms with Crippen molar-refractivity contribution < 1.29 is 9.53 Å². The molecule has 3 nitrogen and oxygen atoms in total. The number of benzene rings is 1. The van der Waals surface area contributed by atoms with Crippen molar-refractivity contribution in [3.63, 3.8) is 0 Å². The van der Waals surface area contributed by atoms with Crippen LogP contribution in [0.2, 0.25) is 0 Å². The molecule has 1 aromatic carbocycles. The predicted octanol–water partition coefficient (Wildman–Crippen LogP) is 7.82. The van der Waals surface area contributed by atoms with Gasteiger partial charge in [0.15, 0.2) is 5.75 Å². The third-order valence-electron chi connectivity index (χ3n) is 5.40. The molecule has 4 heteroatoms. The molecule has 2 aromatic rings. The number of allylic oxidation sites excluding steroid dienone is 3. The Bertz CT molecular complexity index is 863. The van der Waals surface area contributed by atoms with Crippen LogP contribution in [0.25, 0.3) is 16.2 Å². The minimum absolute atomic E-state index is 0.339. The summed E-state index contributed by atoms with van der Waals surface area (Å²) in [5.74, 6) is 0.675. The van der Waals surface area contributed by atoms with Gasteiger partial charge in [0.05, 0.1) is 4.88 Å². The zero-order chi connectivity index (χ0) is 20.5. The number of hydrogen-bond donors (Lipinski definition) is 0. The lowest BCUT2D eigenvalue weighted by atomic mass is 10.00. The highest BCUT2D eigenvalue weighted by atomic mass is 32.1. The summed E-state index contributed by atoms with van der Waals surface area (Å²) in [5, 5.41) is 1.00. The fraction of sp³-hybridized carbons (Fsp3) is 0.480. The molecule has 0 bridgehead atoms. The zero-order valence-corrected chi connectivity index (χ0v) is 18.6. The molecule has 0 saturated carbocycles. The first kappa shape index (κ1) is 21.6. The SMILES string of the molecule is CN(C)C(=O)Oc1c(/C=C/C2=C/CCCCCCCCCC2)sc2ccccc12. The first-order valence-corrected chi connectivity index (χ1v) is 11.7. The van der Waals surface area contributed by atoms with E-state index in [9.17, 15) is 4.79 Å². The molecule has 3 rings (SSSR count). The Labute approximate surface area is 179 Å². The molecule has 0 aliphatic heterocycles. The number of amides is 1. The number of nitrogens with zero attached hydrogens (tertiary/aromatic N) is 1. The molecular weight excluding hydrogens is 378 g/mol. The Morgan fingerprint density at radius 3 is 2.41 bits per heavy atom. The zero-order valence-electron chi connectivity index (χ0n) is 17.8. The Morgan fingerprint density at radius 2 is 1.66 bits per heavy atom. The van der Waals surface area contributed by atoms with E-state index in [0.717, 1.165) is 27.8 Å². The molecule has 1 aliphatic carbocycles. The van der Waals surface area contributed by atoms with Crippen molar-refractivity contribution in [3.05, 3.63) is 46.9 Å². The highest BCUT2D eigenvalue weighted by molar-refractivity contribution is 7.20. The molecule has 1 heterocycles. The molecule has 1 amide bonds. The van der Waals surface area contributed by atoms with Gasteiger partial charge in [-0.05, 0) is 43.9 Å². The molecule has 0 fully saturated rings. The van der Waals surface area contributed by atoms with Gasteiger partial charge in [0, 0.05) is 24.2 Å². The quantitative estimate of drug-likeness (QED) is 0.515. The molecule has 0 unspecified atom stereocenters. The van der Waals surface area contributed by atoms with Gasteiger partial charge >= 0.3 is 6.09 Å². The van der Waals surface area contributed by atoms with Crippen LogP contribution in [0.1, 0.15) is 69.1 Å². The molecule has 1 aliphatic rings. The van der Waals surface area contributed by atoms with Crippen molar-refractivity contribution in [3.8, 4) is 5.75 Å². The van der Waals surface area contributed by atoms with Crippen molar-refractivity contribution in [1.29, 1.82) is 0 Å². The van der Waals surface area contributed by atoms with Gasteiger partial charge in [0.2, 0.25) is 0 Å². The van der Waals surface area contributed by atoms with Gasteiger partial charge in [0.1, 0.15) is 0 Å². The van der Waals surface area contributed by atoms with Crippen LogP contribution in [0, 0.1) is 0 Å². The first-order chi connectivity index (χ1) is 14.1. The third kappa shape index (κ3) is 6.46. The summed E-state index contributed by atoms with van der Waals surface area (Å²) in [7, 11) is 3.42. The van der Waals surface area contributed by atoms with Crippen LogP contribution in [0.5, 0.6) is 5.75 Å². The predicted molar refractivity (Wildman–Crippen MR) is 125 cm³/mol. The highest BCUT2D eigenvalue weighted by Crippen LogP contribution is 2.39. The Morgan fingerprint density at radius 1 is 0.966 bits per heavy atom. The highest BCUT2D eigenvalue weighted by Gasteiger charge is 2.16. The van der Waals surface area contributed by atoms with Crippen LogP contribution < -0.4 is 4.74 Å². The van der Waals surface area contributed by atoms with Crippen LogP contribution in [0.4, 0.5) is 4.79 Å². The second-order valence-electron chi connectivity index (χ2n) is 8.03. The lowest BCUT2D eigenvalue weighted by Gasteiger charge is -2.11. The molecule has 156 valence electrons. The van der Waals surface area contributed by atoms with Crippen molar-refractivity contribution in [1.82, 2.24) is 4.90 Å². The number of fused-ring (bicyclic) bond motifs is 1. The molecular formula is C25H33NO2S. The molecule has 0 N–H and O–H groups in total. The van der Waals surface area contributed by atoms with Gasteiger partial charge in [-0.15, -0.1) is 11.3 Å². The summed E-state index contributed by atoms with van der Waals surface area (Å²) in [5.41, 5.74) is 1.41. The minimum atomic E-state index is -0.339. The van der Waals surface area contributed by atoms with Gasteiger partial charge in [-0.2, -0.15) is 0 Å². The van der Waals surface area contributed by atoms with E-state index in [1.54, 1.807) is 25.4 Å². The number of thiophene rings is 1. The number of carbonyl (C=O) groups excluding carboxylic acids is 1. The monoisotopic (exact) mass is 411 g/mol. The largest absolute Gasteiger partial charge is 0.414 e. The van der Waals surface area contributed by atoms with E-state index in [2.05, 4.69) is 24.3 Å². The molecule has 0 saturated heterocycles. The van der Waals surface area contributed by atoms with E-state index < -0.39 is 0 Å². The fourth-order valence-electron chi connectivity index (χ4n) is 3.69. The lowest BCUT2D eigenvalue weighted by molar-refractivity contribution is 0.172. The normalized spacial score (nSPS) is 18.6. The van der Waals surface area contributed by atoms with E-state index in [4.69, 9.17) is 4.74 Å². The van der Waals surface area contributed by atoms with Gasteiger partial charge in [-0.3, -0.25) is 0 Å². The average Bonchev–Trinajstić information content (AvgIpc) is 3.05.